The van der Waals surface area contributed by atoms with Crippen LogP contribution in [-0.2, 0) is 0 Å². The molecule has 0 aliphatic carbocycles. The summed E-state index contributed by atoms with van der Waals surface area (Å²) in [5.41, 5.74) is 7.01. The van der Waals surface area contributed by atoms with Crippen LogP contribution in [0.3, 0.4) is 0 Å². The molecule has 2 nitrogen and oxygen atoms in total. The minimum atomic E-state index is 0.561. The third-order valence-electron chi connectivity index (χ3n) is 2.55. The van der Waals surface area contributed by atoms with Crippen LogP contribution in [0.1, 0.15) is 18.0 Å². The van der Waals surface area contributed by atoms with Crippen LogP contribution in [0.25, 0.3) is 0 Å². The zero-order valence-electron chi connectivity index (χ0n) is 7.82. The highest BCUT2D eigenvalue weighted by molar-refractivity contribution is 5.20. The van der Waals surface area contributed by atoms with Gasteiger partial charge in [0, 0.05) is 19.1 Å². The molecule has 1 aliphatic heterocycles. The highest BCUT2D eigenvalue weighted by Gasteiger charge is 2.27. The Hall–Kier alpha value is -0.860. The number of nitrogens with zero attached hydrogens (tertiary/aromatic N) is 1. The molecule has 13 heavy (non-hydrogen) atoms. The van der Waals surface area contributed by atoms with Crippen LogP contribution in [0.5, 0.6) is 0 Å². The van der Waals surface area contributed by atoms with Gasteiger partial charge in [-0.25, -0.2) is 0 Å². The minimum Gasteiger partial charge on any atom is -0.330 e. The van der Waals surface area contributed by atoms with Crippen molar-refractivity contribution in [1.82, 2.24) is 4.90 Å². The summed E-state index contributed by atoms with van der Waals surface area (Å²) in [5, 5.41) is 0. The Bertz CT molecular complexity index is 254. The summed E-state index contributed by atoms with van der Waals surface area (Å²) in [4.78, 5) is 2.46. The van der Waals surface area contributed by atoms with Gasteiger partial charge in [-0.1, -0.05) is 30.3 Å². The lowest BCUT2D eigenvalue weighted by Crippen LogP contribution is -2.14. The first-order valence-corrected chi connectivity index (χ1v) is 4.91. The molecular formula is C11H16N2. The molecular weight excluding hydrogens is 160 g/mol. The first-order valence-electron chi connectivity index (χ1n) is 4.91. The highest BCUT2D eigenvalue weighted by Crippen LogP contribution is 2.28. The molecule has 1 saturated heterocycles. The fourth-order valence-electron chi connectivity index (χ4n) is 1.76. The monoisotopic (exact) mass is 176 g/mol. The summed E-state index contributed by atoms with van der Waals surface area (Å²) in [6, 6.07) is 11.2. The maximum absolute atomic E-state index is 5.61. The van der Waals surface area contributed by atoms with E-state index in [9.17, 15) is 0 Å². The second kappa shape index (κ2) is 3.90. The SMILES string of the molecule is NCCC(c1ccccc1)N1CC1. The Morgan fingerprint density at radius 1 is 1.23 bits per heavy atom. The topological polar surface area (TPSA) is 29.0 Å². The van der Waals surface area contributed by atoms with Gasteiger partial charge in [0.25, 0.3) is 0 Å². The van der Waals surface area contributed by atoms with Crippen LogP contribution in [0.2, 0.25) is 0 Å². The van der Waals surface area contributed by atoms with Crippen molar-refractivity contribution in [3.8, 4) is 0 Å². The van der Waals surface area contributed by atoms with Crippen LogP contribution >= 0.6 is 0 Å². The first kappa shape index (κ1) is 8.73. The van der Waals surface area contributed by atoms with Crippen molar-refractivity contribution in [2.24, 2.45) is 5.73 Å². The fourth-order valence-corrected chi connectivity index (χ4v) is 1.76. The molecule has 1 aromatic rings. The Morgan fingerprint density at radius 3 is 2.46 bits per heavy atom. The predicted octanol–water partition coefficient (Wildman–Crippen LogP) is 1.39. The van der Waals surface area contributed by atoms with Crippen molar-refractivity contribution >= 4 is 0 Å². The van der Waals surface area contributed by atoms with E-state index in [1.807, 2.05) is 0 Å². The normalized spacial score (nSPS) is 18.5. The molecule has 70 valence electrons. The molecule has 1 atom stereocenters. The van der Waals surface area contributed by atoms with Gasteiger partial charge in [0.15, 0.2) is 0 Å². The van der Waals surface area contributed by atoms with Gasteiger partial charge in [0.2, 0.25) is 0 Å². The minimum absolute atomic E-state index is 0.561. The molecule has 1 unspecified atom stereocenters. The van der Waals surface area contributed by atoms with Gasteiger partial charge in [0.1, 0.15) is 0 Å². The summed E-state index contributed by atoms with van der Waals surface area (Å²) < 4.78 is 0. The van der Waals surface area contributed by atoms with Gasteiger partial charge < -0.3 is 5.73 Å². The second-order valence-electron chi connectivity index (χ2n) is 3.54. The van der Waals surface area contributed by atoms with Gasteiger partial charge in [-0.15, -0.1) is 0 Å². The molecule has 2 rings (SSSR count). The standard InChI is InChI=1S/C11H16N2/c12-7-6-11(13-8-9-13)10-4-2-1-3-5-10/h1-5,11H,6-9,12H2. The third-order valence-corrected chi connectivity index (χ3v) is 2.55. The Kier molecular flexibility index (Phi) is 2.62. The van der Waals surface area contributed by atoms with Gasteiger partial charge in [-0.05, 0) is 18.5 Å². The van der Waals surface area contributed by atoms with E-state index >= 15 is 0 Å². The summed E-state index contributed by atoms with van der Waals surface area (Å²) in [5.74, 6) is 0. The van der Waals surface area contributed by atoms with E-state index in [0.29, 0.717) is 6.04 Å². The lowest BCUT2D eigenvalue weighted by Gasteiger charge is -2.17. The predicted molar refractivity (Wildman–Crippen MR) is 54.4 cm³/mol. The third kappa shape index (κ3) is 2.08. The van der Waals surface area contributed by atoms with Crippen LogP contribution < -0.4 is 5.73 Å². The van der Waals surface area contributed by atoms with E-state index in [2.05, 4.69) is 35.2 Å². The first-order chi connectivity index (χ1) is 6.42. The van der Waals surface area contributed by atoms with Crippen LogP contribution in [0.4, 0.5) is 0 Å². The average molecular weight is 176 g/mol. The summed E-state index contributed by atoms with van der Waals surface area (Å²) in [6.07, 6.45) is 1.07. The molecule has 2 heteroatoms. The molecule has 0 aromatic heterocycles. The summed E-state index contributed by atoms with van der Waals surface area (Å²) >= 11 is 0. The number of hydrogen-bond acceptors (Lipinski definition) is 2. The van der Waals surface area contributed by atoms with Crippen LogP contribution in [-0.4, -0.2) is 24.5 Å². The smallest absolute Gasteiger partial charge is 0.0361 e. The van der Waals surface area contributed by atoms with Crippen LogP contribution in [0.15, 0.2) is 30.3 Å². The van der Waals surface area contributed by atoms with E-state index in [1.165, 1.54) is 18.7 Å². The van der Waals surface area contributed by atoms with Crippen molar-refractivity contribution in [3.05, 3.63) is 35.9 Å². The molecule has 2 N–H and O–H groups in total. The lowest BCUT2D eigenvalue weighted by atomic mass is 10.0. The van der Waals surface area contributed by atoms with Crippen molar-refractivity contribution in [3.63, 3.8) is 0 Å². The lowest BCUT2D eigenvalue weighted by molar-refractivity contribution is 0.392. The molecule has 0 bridgehead atoms. The summed E-state index contributed by atoms with van der Waals surface area (Å²) in [7, 11) is 0. The van der Waals surface area contributed by atoms with E-state index in [4.69, 9.17) is 5.73 Å². The number of rotatable bonds is 4. The molecule has 0 spiro atoms. The van der Waals surface area contributed by atoms with Gasteiger partial charge in [-0.2, -0.15) is 0 Å². The van der Waals surface area contributed by atoms with E-state index < -0.39 is 0 Å². The van der Waals surface area contributed by atoms with Crippen LogP contribution in [0, 0.1) is 0 Å². The number of nitrogens with two attached hydrogens (primary N) is 1. The van der Waals surface area contributed by atoms with Crippen molar-refractivity contribution in [1.29, 1.82) is 0 Å². The summed E-state index contributed by atoms with van der Waals surface area (Å²) in [6.45, 7) is 3.25. The molecule has 1 aromatic carbocycles. The molecule has 1 fully saturated rings. The highest BCUT2D eigenvalue weighted by atomic mass is 15.3. The zero-order chi connectivity index (χ0) is 9.10. The Morgan fingerprint density at radius 2 is 1.92 bits per heavy atom. The van der Waals surface area contributed by atoms with Gasteiger partial charge >= 0.3 is 0 Å². The van der Waals surface area contributed by atoms with E-state index in [1.54, 1.807) is 0 Å². The zero-order valence-corrected chi connectivity index (χ0v) is 7.82. The van der Waals surface area contributed by atoms with Gasteiger partial charge in [-0.3, -0.25) is 4.90 Å². The molecule has 0 radical (unpaired) electrons. The molecule has 0 amide bonds. The van der Waals surface area contributed by atoms with Gasteiger partial charge in [0.05, 0.1) is 0 Å². The Balaban J connectivity index is 2.10. The quantitative estimate of drug-likeness (QED) is 0.702. The average Bonchev–Trinajstić information content (AvgIpc) is 2.99. The fraction of sp³-hybridized carbons (Fsp3) is 0.455. The van der Waals surface area contributed by atoms with E-state index in [0.717, 1.165) is 13.0 Å². The Labute approximate surface area is 79.4 Å². The van der Waals surface area contributed by atoms with E-state index in [-0.39, 0.29) is 0 Å². The maximum atomic E-state index is 5.61. The largest absolute Gasteiger partial charge is 0.330 e. The van der Waals surface area contributed by atoms with Crippen molar-refractivity contribution in [2.75, 3.05) is 19.6 Å². The molecule has 1 heterocycles. The van der Waals surface area contributed by atoms with Crippen molar-refractivity contribution in [2.45, 2.75) is 12.5 Å². The molecule has 0 saturated carbocycles. The number of hydrogen-bond donors (Lipinski definition) is 1. The second-order valence-corrected chi connectivity index (χ2v) is 3.54. The number of benzene rings is 1. The van der Waals surface area contributed by atoms with Crippen molar-refractivity contribution < 1.29 is 0 Å². The maximum Gasteiger partial charge on any atom is 0.0361 e. The molecule has 1 aliphatic rings.